The van der Waals surface area contributed by atoms with Crippen LogP contribution in [0.2, 0.25) is 16.6 Å². The Morgan fingerprint density at radius 2 is 1.68 bits per heavy atom. The van der Waals surface area contributed by atoms with Crippen molar-refractivity contribution in [1.29, 1.82) is 5.26 Å². The standard InChI is InChI=1S/C36H56N4O6Si/c1-23(2)21-27(22-37)39-33(41)29-14-11-12-16-36(29,35(38)44)31-28-13-9-10-15-30(28)40(32(31)34(42)43)17-18-45-19-20-46-47(24(3)4,25(5)6)26(7)8/h9-10,13,15,23-27,29H,11-12,14,16-21H2,1-8H3,(H2,38,44)(H,39,41)(H,42,43)/t27-,29-,36-/m0/s1. The van der Waals surface area contributed by atoms with Crippen molar-refractivity contribution in [3.8, 4) is 6.07 Å². The van der Waals surface area contributed by atoms with Gasteiger partial charge in [0.2, 0.25) is 11.8 Å². The normalized spacial score (nSPS) is 19.4. The Labute approximate surface area is 281 Å². The number of nitrogens with zero attached hydrogens (tertiary/aromatic N) is 2. The predicted molar refractivity (Wildman–Crippen MR) is 187 cm³/mol. The number of amides is 2. The van der Waals surface area contributed by atoms with Gasteiger partial charge >= 0.3 is 5.97 Å². The molecule has 2 aromatic rings. The zero-order chi connectivity index (χ0) is 35.1. The molecule has 1 saturated carbocycles. The molecule has 10 nitrogen and oxygen atoms in total. The van der Waals surface area contributed by atoms with Crippen LogP contribution in [-0.4, -0.2) is 61.6 Å². The molecule has 47 heavy (non-hydrogen) atoms. The van der Waals surface area contributed by atoms with Crippen molar-refractivity contribution >= 4 is 37.0 Å². The Morgan fingerprint density at radius 1 is 1.04 bits per heavy atom. The first kappa shape index (κ1) is 38.2. The number of benzene rings is 1. The lowest BCUT2D eigenvalue weighted by Gasteiger charge is -2.42. The maximum absolute atomic E-state index is 13.9. The van der Waals surface area contributed by atoms with Crippen LogP contribution in [0, 0.1) is 23.2 Å². The number of aromatic nitrogens is 1. The second-order valence-corrected chi connectivity index (χ2v) is 19.9. The van der Waals surface area contributed by atoms with E-state index >= 15 is 0 Å². The Hall–Kier alpha value is -3.20. The van der Waals surface area contributed by atoms with Crippen molar-refractivity contribution < 1.29 is 28.7 Å². The van der Waals surface area contributed by atoms with Gasteiger partial charge < -0.3 is 29.9 Å². The summed E-state index contributed by atoms with van der Waals surface area (Å²) in [6.45, 7) is 18.7. The van der Waals surface area contributed by atoms with Crippen LogP contribution in [0.15, 0.2) is 24.3 Å². The van der Waals surface area contributed by atoms with Crippen molar-refractivity contribution in [2.75, 3.05) is 19.8 Å². The molecule has 1 aromatic heterocycles. The summed E-state index contributed by atoms with van der Waals surface area (Å²) in [6.07, 6.45) is 2.33. The first-order valence-electron chi connectivity index (χ1n) is 17.2. The van der Waals surface area contributed by atoms with E-state index in [4.69, 9.17) is 14.9 Å². The van der Waals surface area contributed by atoms with Crippen LogP contribution < -0.4 is 11.1 Å². The molecule has 11 heteroatoms. The Kier molecular flexibility index (Phi) is 13.2. The van der Waals surface area contributed by atoms with E-state index < -0.39 is 43.5 Å². The molecule has 1 aromatic carbocycles. The molecule has 0 aliphatic heterocycles. The molecule has 4 N–H and O–H groups in total. The molecule has 1 aliphatic carbocycles. The first-order valence-corrected chi connectivity index (χ1v) is 19.4. The first-order chi connectivity index (χ1) is 22.2. The number of carbonyl (C=O) groups is 3. The van der Waals surface area contributed by atoms with Crippen molar-refractivity contribution in [2.45, 2.75) is 122 Å². The quantitative estimate of drug-likeness (QED) is 0.128. The summed E-state index contributed by atoms with van der Waals surface area (Å²) in [4.78, 5) is 40.6. The number of nitriles is 1. The van der Waals surface area contributed by atoms with E-state index in [1.165, 1.54) is 0 Å². The Morgan fingerprint density at radius 3 is 2.23 bits per heavy atom. The third-order valence-electron chi connectivity index (χ3n) is 10.2. The zero-order valence-electron chi connectivity index (χ0n) is 29.6. The van der Waals surface area contributed by atoms with Gasteiger partial charge in [-0.2, -0.15) is 5.26 Å². The Balaban J connectivity index is 1.98. The molecule has 1 fully saturated rings. The molecular formula is C36H56N4O6Si. The van der Waals surface area contributed by atoms with Gasteiger partial charge in [0.1, 0.15) is 11.7 Å². The molecule has 0 bridgehead atoms. The minimum Gasteiger partial charge on any atom is -0.477 e. The third-order valence-corrected chi connectivity index (χ3v) is 16.3. The van der Waals surface area contributed by atoms with Gasteiger partial charge in [-0.1, -0.05) is 86.4 Å². The average Bonchev–Trinajstić information content (AvgIpc) is 3.34. The fourth-order valence-electron chi connectivity index (χ4n) is 8.38. The summed E-state index contributed by atoms with van der Waals surface area (Å²) in [5, 5.41) is 23.8. The number of carboxylic acid groups (broad SMARTS) is 1. The Bertz CT molecular complexity index is 1420. The van der Waals surface area contributed by atoms with Crippen LogP contribution in [0.5, 0.6) is 0 Å². The number of fused-ring (bicyclic) bond motifs is 1. The highest BCUT2D eigenvalue weighted by Gasteiger charge is 2.54. The zero-order valence-corrected chi connectivity index (χ0v) is 30.6. The number of hydrogen-bond donors (Lipinski definition) is 3. The highest BCUT2D eigenvalue weighted by molar-refractivity contribution is 6.77. The van der Waals surface area contributed by atoms with Gasteiger partial charge in [0.15, 0.2) is 8.32 Å². The van der Waals surface area contributed by atoms with E-state index in [0.29, 0.717) is 66.4 Å². The summed E-state index contributed by atoms with van der Waals surface area (Å²) in [5.41, 5.74) is 6.85. The van der Waals surface area contributed by atoms with E-state index in [-0.39, 0.29) is 36.7 Å². The molecule has 0 radical (unpaired) electrons. The number of ether oxygens (including phenoxy) is 1. The summed E-state index contributed by atoms with van der Waals surface area (Å²) < 4.78 is 14.3. The van der Waals surface area contributed by atoms with Gasteiger partial charge in [-0.3, -0.25) is 9.59 Å². The second kappa shape index (κ2) is 16.3. The summed E-state index contributed by atoms with van der Waals surface area (Å²) >= 11 is 0. The van der Waals surface area contributed by atoms with Crippen LogP contribution >= 0.6 is 0 Å². The minimum atomic E-state index is -2.04. The number of hydrogen-bond acceptors (Lipinski definition) is 6. The van der Waals surface area contributed by atoms with Gasteiger partial charge in [0, 0.05) is 23.0 Å². The summed E-state index contributed by atoms with van der Waals surface area (Å²) in [5.74, 6) is -3.14. The second-order valence-electron chi connectivity index (χ2n) is 14.4. The van der Waals surface area contributed by atoms with E-state index in [9.17, 15) is 24.8 Å². The number of carboxylic acids is 1. The van der Waals surface area contributed by atoms with Crippen LogP contribution in [0.4, 0.5) is 0 Å². The molecule has 0 unspecified atom stereocenters. The van der Waals surface area contributed by atoms with E-state index in [2.05, 4.69) is 52.9 Å². The number of aromatic carboxylic acids is 1. The van der Waals surface area contributed by atoms with Crippen molar-refractivity contribution in [1.82, 2.24) is 9.88 Å². The maximum Gasteiger partial charge on any atom is 0.352 e. The van der Waals surface area contributed by atoms with Gasteiger partial charge in [0.05, 0.1) is 37.2 Å². The fourth-order valence-corrected chi connectivity index (χ4v) is 13.8. The van der Waals surface area contributed by atoms with Gasteiger partial charge in [-0.15, -0.1) is 0 Å². The van der Waals surface area contributed by atoms with Crippen LogP contribution in [0.1, 0.15) is 104 Å². The summed E-state index contributed by atoms with van der Waals surface area (Å²) in [7, 11) is -2.04. The lowest BCUT2D eigenvalue weighted by molar-refractivity contribution is -0.137. The molecule has 260 valence electrons. The highest BCUT2D eigenvalue weighted by atomic mass is 28.4. The third kappa shape index (κ3) is 7.76. The topological polar surface area (TPSA) is 157 Å². The highest BCUT2D eigenvalue weighted by Crippen LogP contribution is 2.49. The van der Waals surface area contributed by atoms with Crippen LogP contribution in [0.3, 0.4) is 0 Å². The lowest BCUT2D eigenvalue weighted by Crippen LogP contribution is -2.56. The van der Waals surface area contributed by atoms with Crippen molar-refractivity contribution in [3.63, 3.8) is 0 Å². The number of nitrogens with two attached hydrogens (primary N) is 1. The molecule has 0 saturated heterocycles. The molecule has 0 spiro atoms. The molecule has 3 atom stereocenters. The predicted octanol–water partition coefficient (Wildman–Crippen LogP) is 6.52. The van der Waals surface area contributed by atoms with Crippen LogP contribution in [-0.2, 0) is 30.7 Å². The van der Waals surface area contributed by atoms with Gasteiger partial charge in [0.25, 0.3) is 0 Å². The maximum atomic E-state index is 13.9. The number of nitrogens with one attached hydrogen (secondary N) is 1. The molecular weight excluding hydrogens is 613 g/mol. The monoisotopic (exact) mass is 668 g/mol. The lowest BCUT2D eigenvalue weighted by atomic mass is 9.60. The number of rotatable bonds is 17. The van der Waals surface area contributed by atoms with E-state index in [1.54, 1.807) is 16.7 Å². The largest absolute Gasteiger partial charge is 0.477 e. The number of para-hydroxylation sites is 1. The fraction of sp³-hybridized carbons (Fsp3) is 0.667. The smallest absolute Gasteiger partial charge is 0.352 e. The molecule has 2 amide bonds. The molecule has 3 rings (SSSR count). The minimum absolute atomic E-state index is 0.0607. The SMILES string of the molecule is CC(C)C[C@@H](C#N)NC(=O)[C@@H]1CCCC[C@@]1(C(N)=O)c1c(C(=O)O)n(CCOCCO[Si](C(C)C)(C(C)C)C(C)C)c2ccccc12. The average molecular weight is 669 g/mol. The number of carbonyl (C=O) groups excluding carboxylic acids is 2. The van der Waals surface area contributed by atoms with Crippen molar-refractivity contribution in [3.05, 3.63) is 35.5 Å². The van der Waals surface area contributed by atoms with E-state index in [0.717, 1.165) is 0 Å². The van der Waals surface area contributed by atoms with Gasteiger partial charge in [-0.05, 0) is 47.9 Å². The number of primary amides is 1. The van der Waals surface area contributed by atoms with E-state index in [1.807, 2.05) is 26.0 Å². The van der Waals surface area contributed by atoms with Crippen LogP contribution in [0.25, 0.3) is 10.9 Å². The molecule has 1 heterocycles. The van der Waals surface area contributed by atoms with Crippen molar-refractivity contribution in [2.24, 2.45) is 17.6 Å². The summed E-state index contributed by atoms with van der Waals surface area (Å²) in [6, 6.07) is 8.66. The molecule has 1 aliphatic rings. The van der Waals surface area contributed by atoms with Gasteiger partial charge in [-0.25, -0.2) is 4.79 Å².